The number of esters is 2. The van der Waals surface area contributed by atoms with Crippen molar-refractivity contribution in [2.45, 2.75) is 27.2 Å². The molecular weight excluding hydrogens is 316 g/mol. The van der Waals surface area contributed by atoms with Crippen LogP contribution in [0.15, 0.2) is 27.8 Å². The second-order valence-electron chi connectivity index (χ2n) is 4.18. The molecule has 0 amide bonds. The molecule has 0 aliphatic heterocycles. The first kappa shape index (κ1) is 19.1. The highest BCUT2D eigenvalue weighted by Gasteiger charge is 2.12. The van der Waals surface area contributed by atoms with Crippen LogP contribution in [0.1, 0.15) is 53.7 Å². The van der Waals surface area contributed by atoms with Crippen LogP contribution in [-0.2, 0) is 15.9 Å². The lowest BCUT2D eigenvalue weighted by Gasteiger charge is -1.95. The van der Waals surface area contributed by atoms with Crippen molar-refractivity contribution in [3.05, 3.63) is 42.3 Å². The largest absolute Gasteiger partial charge is 0.460 e. The summed E-state index contributed by atoms with van der Waals surface area (Å²) in [7, 11) is 0. The SMILES string of the molecule is C=Cc1ncc(C(=O)OCC)o1.CCOC(=O)c1cnc(CC)o1. The summed E-state index contributed by atoms with van der Waals surface area (Å²) in [5.41, 5.74) is 0. The standard InChI is InChI=1S/C8H11NO3.C8H9NO3/c2*1-3-7-9-5-6(12-7)8(10)11-4-2/h5H,3-4H2,1-2H3;3,5H,1,4H2,2H3. The van der Waals surface area contributed by atoms with Crippen molar-refractivity contribution < 1.29 is 27.9 Å². The van der Waals surface area contributed by atoms with Crippen LogP contribution in [0, 0.1) is 0 Å². The van der Waals surface area contributed by atoms with E-state index in [2.05, 4.69) is 21.3 Å². The fourth-order valence-electron chi connectivity index (χ4n) is 1.45. The van der Waals surface area contributed by atoms with Crippen LogP contribution in [0.2, 0.25) is 0 Å². The van der Waals surface area contributed by atoms with Gasteiger partial charge >= 0.3 is 11.9 Å². The maximum absolute atomic E-state index is 11.0. The fraction of sp³-hybridized carbons (Fsp3) is 0.375. The molecule has 0 aliphatic rings. The van der Waals surface area contributed by atoms with Gasteiger partial charge in [-0.1, -0.05) is 13.5 Å². The molecule has 8 nitrogen and oxygen atoms in total. The second-order valence-corrected chi connectivity index (χ2v) is 4.18. The highest BCUT2D eigenvalue weighted by Crippen LogP contribution is 2.06. The molecule has 0 saturated carbocycles. The van der Waals surface area contributed by atoms with Gasteiger partial charge in [-0.25, -0.2) is 19.6 Å². The Morgan fingerprint density at radius 3 is 2.00 bits per heavy atom. The predicted octanol–water partition coefficient (Wildman–Crippen LogP) is 2.91. The summed E-state index contributed by atoms with van der Waals surface area (Å²) in [5, 5.41) is 0. The Morgan fingerprint density at radius 1 is 1.04 bits per heavy atom. The molecule has 130 valence electrons. The van der Waals surface area contributed by atoms with E-state index in [1.54, 1.807) is 13.8 Å². The topological polar surface area (TPSA) is 105 Å². The minimum absolute atomic E-state index is 0.103. The molecule has 0 radical (unpaired) electrons. The summed E-state index contributed by atoms with van der Waals surface area (Å²) >= 11 is 0. The van der Waals surface area contributed by atoms with Gasteiger partial charge in [0.1, 0.15) is 0 Å². The van der Waals surface area contributed by atoms with Crippen molar-refractivity contribution in [2.24, 2.45) is 0 Å². The molecule has 0 aliphatic carbocycles. The van der Waals surface area contributed by atoms with Crippen molar-refractivity contribution >= 4 is 18.0 Å². The zero-order chi connectivity index (χ0) is 17.9. The molecule has 0 unspecified atom stereocenters. The Labute approximate surface area is 139 Å². The van der Waals surface area contributed by atoms with Gasteiger partial charge in [0.05, 0.1) is 25.6 Å². The number of aryl methyl sites for hydroxylation is 1. The van der Waals surface area contributed by atoms with Gasteiger partial charge in [-0.3, -0.25) is 0 Å². The summed E-state index contributed by atoms with van der Waals surface area (Å²) in [4.78, 5) is 29.6. The van der Waals surface area contributed by atoms with E-state index in [1.807, 2.05) is 6.92 Å². The molecule has 2 rings (SSSR count). The molecule has 2 aromatic rings. The van der Waals surface area contributed by atoms with Gasteiger partial charge in [0.15, 0.2) is 5.89 Å². The lowest BCUT2D eigenvalue weighted by atomic mass is 10.5. The van der Waals surface area contributed by atoms with Crippen LogP contribution in [0.25, 0.3) is 6.08 Å². The Morgan fingerprint density at radius 2 is 1.58 bits per heavy atom. The van der Waals surface area contributed by atoms with Crippen molar-refractivity contribution in [3.8, 4) is 0 Å². The quantitative estimate of drug-likeness (QED) is 0.741. The summed E-state index contributed by atoms with van der Waals surface area (Å²) in [5.74, 6) is 0.194. The number of oxazole rings is 2. The second kappa shape index (κ2) is 9.98. The first-order chi connectivity index (χ1) is 11.5. The van der Waals surface area contributed by atoms with Gasteiger partial charge in [-0.2, -0.15) is 0 Å². The smallest absolute Gasteiger partial charge is 0.375 e. The highest BCUT2D eigenvalue weighted by molar-refractivity contribution is 5.86. The molecular formula is C16H20N2O6. The molecule has 2 heterocycles. The van der Waals surface area contributed by atoms with Crippen LogP contribution in [0.5, 0.6) is 0 Å². The fourth-order valence-corrected chi connectivity index (χ4v) is 1.45. The zero-order valence-corrected chi connectivity index (χ0v) is 13.9. The number of aromatic nitrogens is 2. The third-order valence-corrected chi connectivity index (χ3v) is 2.51. The van der Waals surface area contributed by atoms with Gasteiger partial charge in [0.2, 0.25) is 17.4 Å². The Balaban J connectivity index is 0.000000240. The van der Waals surface area contributed by atoms with Crippen molar-refractivity contribution in [2.75, 3.05) is 13.2 Å². The molecule has 0 saturated heterocycles. The van der Waals surface area contributed by atoms with Crippen molar-refractivity contribution in [3.63, 3.8) is 0 Å². The van der Waals surface area contributed by atoms with Crippen LogP contribution < -0.4 is 0 Å². The Kier molecular flexibility index (Phi) is 7.97. The molecule has 0 N–H and O–H groups in total. The van der Waals surface area contributed by atoms with Gasteiger partial charge in [-0.15, -0.1) is 0 Å². The molecule has 2 aromatic heterocycles. The molecule has 8 heteroatoms. The number of ether oxygens (including phenoxy) is 2. The zero-order valence-electron chi connectivity index (χ0n) is 13.9. The maximum Gasteiger partial charge on any atom is 0.375 e. The summed E-state index contributed by atoms with van der Waals surface area (Å²) < 4.78 is 19.4. The van der Waals surface area contributed by atoms with Gasteiger partial charge in [0, 0.05) is 6.42 Å². The molecule has 0 spiro atoms. The molecule has 0 bridgehead atoms. The van der Waals surface area contributed by atoms with E-state index >= 15 is 0 Å². The van der Waals surface area contributed by atoms with Crippen LogP contribution in [-0.4, -0.2) is 35.1 Å². The third kappa shape index (κ3) is 5.71. The van der Waals surface area contributed by atoms with Gasteiger partial charge in [0.25, 0.3) is 0 Å². The average Bonchev–Trinajstić information content (AvgIpc) is 3.25. The Bertz CT molecular complexity index is 674. The summed E-state index contributed by atoms with van der Waals surface area (Å²) in [6.45, 7) is 9.49. The lowest BCUT2D eigenvalue weighted by molar-refractivity contribution is 0.0480. The highest BCUT2D eigenvalue weighted by atomic mass is 16.5. The molecule has 0 fully saturated rings. The van der Waals surface area contributed by atoms with E-state index in [4.69, 9.17) is 13.6 Å². The minimum atomic E-state index is -0.502. The van der Waals surface area contributed by atoms with E-state index in [1.165, 1.54) is 18.5 Å². The van der Waals surface area contributed by atoms with E-state index in [0.29, 0.717) is 31.4 Å². The Hall–Kier alpha value is -2.90. The third-order valence-electron chi connectivity index (χ3n) is 2.51. The summed E-state index contributed by atoms with van der Waals surface area (Å²) in [6, 6.07) is 0. The predicted molar refractivity (Wildman–Crippen MR) is 84.4 cm³/mol. The van der Waals surface area contributed by atoms with E-state index in [9.17, 15) is 9.59 Å². The van der Waals surface area contributed by atoms with Gasteiger partial charge < -0.3 is 18.3 Å². The van der Waals surface area contributed by atoms with Crippen LogP contribution >= 0.6 is 0 Å². The molecule has 0 aromatic carbocycles. The van der Waals surface area contributed by atoms with Crippen LogP contribution in [0.4, 0.5) is 0 Å². The molecule has 24 heavy (non-hydrogen) atoms. The average molecular weight is 336 g/mol. The number of nitrogens with zero attached hydrogens (tertiary/aromatic N) is 2. The van der Waals surface area contributed by atoms with Crippen LogP contribution in [0.3, 0.4) is 0 Å². The normalized spacial score (nSPS) is 9.62. The number of carbonyl (C=O) groups is 2. The first-order valence-corrected chi connectivity index (χ1v) is 7.42. The number of rotatable bonds is 6. The number of hydrogen-bond donors (Lipinski definition) is 0. The number of hydrogen-bond acceptors (Lipinski definition) is 8. The summed E-state index contributed by atoms with van der Waals surface area (Å²) in [6.07, 6.45) is 4.80. The monoisotopic (exact) mass is 336 g/mol. The minimum Gasteiger partial charge on any atom is -0.460 e. The lowest BCUT2D eigenvalue weighted by Crippen LogP contribution is -2.02. The van der Waals surface area contributed by atoms with E-state index in [0.717, 1.165) is 0 Å². The molecule has 0 atom stereocenters. The van der Waals surface area contributed by atoms with Crippen molar-refractivity contribution in [1.82, 2.24) is 9.97 Å². The number of carbonyl (C=O) groups excluding carboxylic acids is 2. The van der Waals surface area contributed by atoms with Gasteiger partial charge in [-0.05, 0) is 19.9 Å². The maximum atomic E-state index is 11.0. The van der Waals surface area contributed by atoms with Crippen molar-refractivity contribution in [1.29, 1.82) is 0 Å². The first-order valence-electron chi connectivity index (χ1n) is 7.42. The van der Waals surface area contributed by atoms with E-state index < -0.39 is 11.9 Å². The van der Waals surface area contributed by atoms with E-state index in [-0.39, 0.29) is 11.5 Å².